The van der Waals surface area contributed by atoms with Crippen LogP contribution < -0.4 is 0 Å². The van der Waals surface area contributed by atoms with Crippen LogP contribution in [0.2, 0.25) is 0 Å². The lowest BCUT2D eigenvalue weighted by Crippen LogP contribution is -2.62. The van der Waals surface area contributed by atoms with Crippen molar-refractivity contribution in [3.05, 3.63) is 0 Å². The smallest absolute Gasteiger partial charge is 0.0602 e. The number of rotatable bonds is 6. The molecule has 4 nitrogen and oxygen atoms in total. The van der Waals surface area contributed by atoms with Crippen molar-refractivity contribution in [2.45, 2.75) is 110 Å². The van der Waals surface area contributed by atoms with Gasteiger partial charge < -0.3 is 20.4 Å². The molecule has 0 bridgehead atoms. The summed E-state index contributed by atoms with van der Waals surface area (Å²) >= 11 is 0. The monoisotopic (exact) mass is 436 g/mol. The topological polar surface area (TPSA) is 80.9 Å². The standard InChI is InChI=1S/C27H48O4/c1-16(15-28)6-5-7-17(2)20-8-9-21-25-22(14-24(31)27(20,21)4)26(3)11-10-19(29)12-18(26)13-23(25)30/h16-25,28-31H,5-15H2,1-4H3. The fraction of sp³-hybridized carbons (Fsp3) is 1.00. The summed E-state index contributed by atoms with van der Waals surface area (Å²) in [6.45, 7) is 9.51. The molecule has 12 atom stereocenters. The molecule has 0 aromatic rings. The molecule has 4 saturated carbocycles. The summed E-state index contributed by atoms with van der Waals surface area (Å²) in [5.41, 5.74) is 0.0527. The van der Waals surface area contributed by atoms with Crippen molar-refractivity contribution in [3.63, 3.8) is 0 Å². The van der Waals surface area contributed by atoms with Crippen molar-refractivity contribution >= 4 is 0 Å². The summed E-state index contributed by atoms with van der Waals surface area (Å²) < 4.78 is 0. The Kier molecular flexibility index (Phi) is 6.88. The molecule has 0 spiro atoms. The summed E-state index contributed by atoms with van der Waals surface area (Å²) in [6.07, 6.45) is 9.27. The van der Waals surface area contributed by atoms with E-state index < -0.39 is 0 Å². The average Bonchev–Trinajstić information content (AvgIpc) is 3.08. The molecule has 0 aromatic heterocycles. The van der Waals surface area contributed by atoms with Gasteiger partial charge in [0.25, 0.3) is 0 Å². The zero-order valence-electron chi connectivity index (χ0n) is 20.3. The third-order valence-electron chi connectivity index (χ3n) is 11.2. The third kappa shape index (κ3) is 3.92. The van der Waals surface area contributed by atoms with Crippen LogP contribution in [0, 0.1) is 52.3 Å². The molecule has 0 amide bonds. The molecule has 0 radical (unpaired) electrons. The zero-order valence-corrected chi connectivity index (χ0v) is 20.3. The van der Waals surface area contributed by atoms with E-state index in [9.17, 15) is 20.4 Å². The predicted molar refractivity (Wildman–Crippen MR) is 123 cm³/mol. The normalized spacial score (nSPS) is 51.5. The van der Waals surface area contributed by atoms with E-state index in [1.165, 1.54) is 12.8 Å². The first-order valence-electron chi connectivity index (χ1n) is 13.3. The van der Waals surface area contributed by atoms with Crippen LogP contribution in [-0.2, 0) is 0 Å². The number of fused-ring (bicyclic) bond motifs is 5. The molecule has 0 saturated heterocycles. The van der Waals surface area contributed by atoms with Crippen molar-refractivity contribution in [3.8, 4) is 0 Å². The minimum Gasteiger partial charge on any atom is -0.396 e. The van der Waals surface area contributed by atoms with Gasteiger partial charge >= 0.3 is 0 Å². The van der Waals surface area contributed by atoms with Crippen molar-refractivity contribution < 1.29 is 20.4 Å². The van der Waals surface area contributed by atoms with E-state index in [1.807, 2.05) is 0 Å². The van der Waals surface area contributed by atoms with Crippen molar-refractivity contribution in [2.24, 2.45) is 52.3 Å². The van der Waals surface area contributed by atoms with E-state index in [2.05, 4.69) is 27.7 Å². The summed E-state index contributed by atoms with van der Waals surface area (Å²) in [5.74, 6) is 2.93. The first-order valence-corrected chi connectivity index (χ1v) is 13.3. The molecular formula is C27H48O4. The van der Waals surface area contributed by atoms with Gasteiger partial charge in [-0.25, -0.2) is 0 Å². The molecule has 12 unspecified atom stereocenters. The molecule has 180 valence electrons. The second-order valence-electron chi connectivity index (χ2n) is 12.7. The van der Waals surface area contributed by atoms with Gasteiger partial charge in [-0.05, 0) is 104 Å². The highest BCUT2D eigenvalue weighted by molar-refractivity contribution is 5.14. The summed E-state index contributed by atoms with van der Waals surface area (Å²) in [4.78, 5) is 0. The van der Waals surface area contributed by atoms with E-state index >= 15 is 0 Å². The molecule has 0 heterocycles. The number of aliphatic hydroxyl groups excluding tert-OH is 4. The van der Waals surface area contributed by atoms with Gasteiger partial charge in [0.05, 0.1) is 18.3 Å². The lowest BCUT2D eigenvalue weighted by Gasteiger charge is -2.63. The molecule has 4 heteroatoms. The van der Waals surface area contributed by atoms with Crippen molar-refractivity contribution in [2.75, 3.05) is 6.61 Å². The highest BCUT2D eigenvalue weighted by Gasteiger charge is 2.65. The molecule has 4 N–H and O–H groups in total. The van der Waals surface area contributed by atoms with Gasteiger partial charge in [0.2, 0.25) is 0 Å². The Morgan fingerprint density at radius 3 is 2.35 bits per heavy atom. The second kappa shape index (κ2) is 8.89. The average molecular weight is 437 g/mol. The van der Waals surface area contributed by atoms with Gasteiger partial charge in [-0.15, -0.1) is 0 Å². The molecule has 4 aliphatic rings. The minimum atomic E-state index is -0.292. The number of aliphatic hydroxyl groups is 4. The van der Waals surface area contributed by atoms with Crippen LogP contribution in [0.15, 0.2) is 0 Å². The van der Waals surface area contributed by atoms with Gasteiger partial charge in [-0.3, -0.25) is 0 Å². The van der Waals surface area contributed by atoms with Crippen LogP contribution in [0.25, 0.3) is 0 Å². The Labute approximate surface area is 189 Å². The van der Waals surface area contributed by atoms with Crippen molar-refractivity contribution in [1.82, 2.24) is 0 Å². The zero-order chi connectivity index (χ0) is 22.6. The fourth-order valence-corrected chi connectivity index (χ4v) is 9.21. The lowest BCUT2D eigenvalue weighted by atomic mass is 9.43. The summed E-state index contributed by atoms with van der Waals surface area (Å²) in [5, 5.41) is 42.6. The van der Waals surface area contributed by atoms with E-state index in [-0.39, 0.29) is 35.7 Å². The number of hydrogen-bond acceptors (Lipinski definition) is 4. The molecule has 4 fully saturated rings. The van der Waals surface area contributed by atoms with Gasteiger partial charge in [0, 0.05) is 6.61 Å². The lowest BCUT2D eigenvalue weighted by molar-refractivity contribution is -0.207. The first-order chi connectivity index (χ1) is 14.6. The maximum Gasteiger partial charge on any atom is 0.0602 e. The van der Waals surface area contributed by atoms with Crippen LogP contribution >= 0.6 is 0 Å². The highest BCUT2D eigenvalue weighted by Crippen LogP contribution is 2.68. The molecule has 0 aromatic carbocycles. The van der Waals surface area contributed by atoms with Crippen LogP contribution in [0.1, 0.15) is 91.9 Å². The van der Waals surface area contributed by atoms with E-state index in [0.29, 0.717) is 41.4 Å². The van der Waals surface area contributed by atoms with E-state index in [4.69, 9.17) is 0 Å². The van der Waals surface area contributed by atoms with Crippen LogP contribution in [0.4, 0.5) is 0 Å². The Morgan fingerprint density at radius 2 is 1.65 bits per heavy atom. The Morgan fingerprint density at radius 1 is 0.903 bits per heavy atom. The second-order valence-corrected chi connectivity index (χ2v) is 12.7. The summed E-state index contributed by atoms with van der Waals surface area (Å²) in [7, 11) is 0. The van der Waals surface area contributed by atoms with Gasteiger partial charge in [0.15, 0.2) is 0 Å². The van der Waals surface area contributed by atoms with Crippen molar-refractivity contribution in [1.29, 1.82) is 0 Å². The molecule has 31 heavy (non-hydrogen) atoms. The largest absolute Gasteiger partial charge is 0.396 e. The SMILES string of the molecule is CC(CO)CCCC(C)C1CCC2C3C(O)CC4CC(O)CCC4(C)C3CC(O)C12C. The highest BCUT2D eigenvalue weighted by atomic mass is 16.3. The fourth-order valence-electron chi connectivity index (χ4n) is 9.21. The van der Waals surface area contributed by atoms with Crippen LogP contribution in [-0.4, -0.2) is 45.3 Å². The quantitative estimate of drug-likeness (QED) is 0.498. The molecule has 4 rings (SSSR count). The Balaban J connectivity index is 1.52. The summed E-state index contributed by atoms with van der Waals surface area (Å²) in [6, 6.07) is 0. The van der Waals surface area contributed by atoms with Crippen LogP contribution in [0.5, 0.6) is 0 Å². The van der Waals surface area contributed by atoms with E-state index in [0.717, 1.165) is 51.4 Å². The maximum absolute atomic E-state index is 11.6. The molecule has 0 aliphatic heterocycles. The molecule has 4 aliphatic carbocycles. The third-order valence-corrected chi connectivity index (χ3v) is 11.2. The first kappa shape index (κ1) is 24.0. The van der Waals surface area contributed by atoms with Crippen LogP contribution in [0.3, 0.4) is 0 Å². The number of hydrogen-bond donors (Lipinski definition) is 4. The Bertz CT molecular complexity index is 624. The van der Waals surface area contributed by atoms with E-state index in [1.54, 1.807) is 0 Å². The maximum atomic E-state index is 11.6. The predicted octanol–water partition coefficient (Wildman–Crippen LogP) is 4.38. The van der Waals surface area contributed by atoms with Gasteiger partial charge in [-0.2, -0.15) is 0 Å². The van der Waals surface area contributed by atoms with Gasteiger partial charge in [0.1, 0.15) is 0 Å². The Hall–Kier alpha value is -0.160. The minimum absolute atomic E-state index is 0.0957. The molecular weight excluding hydrogens is 388 g/mol. The van der Waals surface area contributed by atoms with Gasteiger partial charge in [-0.1, -0.05) is 40.5 Å².